The van der Waals surface area contributed by atoms with Gasteiger partial charge >= 0.3 is 0 Å². The second-order valence-corrected chi connectivity index (χ2v) is 7.73. The molecule has 0 radical (unpaired) electrons. The highest BCUT2D eigenvalue weighted by molar-refractivity contribution is 8.77. The van der Waals surface area contributed by atoms with Gasteiger partial charge < -0.3 is 0 Å². The molecule has 0 fully saturated rings. The summed E-state index contributed by atoms with van der Waals surface area (Å²) in [5, 5.41) is 21.8. The molecule has 0 aliphatic rings. The Bertz CT molecular complexity index is 879. The summed E-state index contributed by atoms with van der Waals surface area (Å²) in [6.45, 7) is 0. The molecule has 3 rings (SSSR count). The largest absolute Gasteiger partial charge is 0.290 e. The Balaban J connectivity index is 1.84. The predicted octanol–water partition coefficient (Wildman–Crippen LogP) is 4.91. The Labute approximate surface area is 141 Å². The van der Waals surface area contributed by atoms with Crippen molar-refractivity contribution in [3.63, 3.8) is 0 Å². The van der Waals surface area contributed by atoms with E-state index in [-0.39, 0.29) is 11.4 Å². The molecule has 2 aromatic carbocycles. The van der Waals surface area contributed by atoms with Crippen LogP contribution in [-0.4, -0.2) is 14.8 Å². The zero-order chi connectivity index (χ0) is 16.4. The van der Waals surface area contributed by atoms with Crippen LogP contribution < -0.4 is 0 Å². The highest BCUT2D eigenvalue weighted by Gasteiger charge is 2.20. The fourth-order valence-corrected chi connectivity index (χ4v) is 5.17. The topological polar surface area (TPSA) is 99.2 Å². The van der Waals surface area contributed by atoms with Gasteiger partial charge in [0.15, 0.2) is 4.34 Å². The van der Waals surface area contributed by atoms with Gasteiger partial charge in [0, 0.05) is 6.07 Å². The van der Waals surface area contributed by atoms with Crippen molar-refractivity contribution in [3.05, 3.63) is 62.7 Å². The van der Waals surface area contributed by atoms with Crippen LogP contribution in [0.1, 0.15) is 0 Å². The number of fused-ring (bicyclic) bond motifs is 1. The second kappa shape index (κ2) is 6.52. The molecule has 0 N–H and O–H groups in total. The third-order valence-electron chi connectivity index (χ3n) is 2.83. The second-order valence-electron chi connectivity index (χ2n) is 4.28. The van der Waals surface area contributed by atoms with Crippen LogP contribution in [0.25, 0.3) is 10.2 Å². The minimum atomic E-state index is -0.651. The monoisotopic (exact) mass is 365 g/mol. The molecule has 0 aliphatic carbocycles. The number of nitro groups is 2. The zero-order valence-electron chi connectivity index (χ0n) is 11.2. The summed E-state index contributed by atoms with van der Waals surface area (Å²) >= 11 is 1.49. The van der Waals surface area contributed by atoms with E-state index in [1.54, 1.807) is 0 Å². The van der Waals surface area contributed by atoms with Gasteiger partial charge in [-0.25, -0.2) is 4.98 Å². The van der Waals surface area contributed by atoms with Gasteiger partial charge in [0.1, 0.15) is 0 Å². The molecular weight excluding hydrogens is 358 g/mol. The number of para-hydroxylation sites is 1. The van der Waals surface area contributed by atoms with Crippen molar-refractivity contribution < 1.29 is 9.85 Å². The highest BCUT2D eigenvalue weighted by Crippen LogP contribution is 2.44. The zero-order valence-corrected chi connectivity index (χ0v) is 13.7. The summed E-state index contributed by atoms with van der Waals surface area (Å²) in [6.07, 6.45) is 0. The number of rotatable bonds is 5. The fourth-order valence-electron chi connectivity index (χ4n) is 1.80. The van der Waals surface area contributed by atoms with Crippen molar-refractivity contribution >= 4 is 54.5 Å². The fraction of sp³-hybridized carbons (Fsp3) is 0. The van der Waals surface area contributed by atoms with Crippen LogP contribution in [-0.2, 0) is 0 Å². The molecule has 0 atom stereocenters. The summed E-state index contributed by atoms with van der Waals surface area (Å²) in [6, 6.07) is 11.3. The molecule has 0 saturated heterocycles. The first-order valence-corrected chi connectivity index (χ1v) is 9.14. The van der Waals surface area contributed by atoms with Crippen molar-refractivity contribution in [2.45, 2.75) is 9.24 Å². The van der Waals surface area contributed by atoms with Gasteiger partial charge in [-0.15, -0.1) is 11.3 Å². The Kier molecular flexibility index (Phi) is 4.46. The van der Waals surface area contributed by atoms with E-state index in [9.17, 15) is 20.2 Å². The molecule has 1 heterocycles. The third-order valence-corrected chi connectivity index (χ3v) is 6.58. The Morgan fingerprint density at radius 3 is 2.48 bits per heavy atom. The lowest BCUT2D eigenvalue weighted by Crippen LogP contribution is -1.93. The van der Waals surface area contributed by atoms with Crippen molar-refractivity contribution in [1.29, 1.82) is 0 Å². The SMILES string of the molecule is O=[N+]([O-])c1ccc(SSc2nc3ccccc3s2)c([N+](=O)[O-])c1. The van der Waals surface area contributed by atoms with E-state index in [4.69, 9.17) is 0 Å². The molecular formula is C13H7N3O4S3. The third kappa shape index (κ3) is 3.44. The Morgan fingerprint density at radius 2 is 1.78 bits per heavy atom. The number of nitro benzene ring substituents is 2. The van der Waals surface area contributed by atoms with Crippen LogP contribution >= 0.6 is 32.9 Å². The normalized spacial score (nSPS) is 10.8. The van der Waals surface area contributed by atoms with Crippen LogP contribution in [0.4, 0.5) is 11.4 Å². The Hall–Kier alpha value is -2.17. The van der Waals surface area contributed by atoms with Gasteiger partial charge in [0.2, 0.25) is 0 Å². The predicted molar refractivity (Wildman–Crippen MR) is 91.1 cm³/mol. The average molecular weight is 365 g/mol. The first kappa shape index (κ1) is 15.7. The minimum absolute atomic E-state index is 0.280. The number of aromatic nitrogens is 1. The summed E-state index contributed by atoms with van der Waals surface area (Å²) in [5.41, 5.74) is 0.294. The first-order valence-electron chi connectivity index (χ1n) is 6.17. The maximum absolute atomic E-state index is 11.1. The van der Waals surface area contributed by atoms with Crippen molar-refractivity contribution in [3.8, 4) is 0 Å². The summed E-state index contributed by atoms with van der Waals surface area (Å²) in [4.78, 5) is 25.3. The molecule has 116 valence electrons. The number of benzene rings is 2. The molecule has 0 aliphatic heterocycles. The number of hydrogen-bond acceptors (Lipinski definition) is 8. The molecule has 23 heavy (non-hydrogen) atoms. The van der Waals surface area contributed by atoms with Crippen molar-refractivity contribution in [2.24, 2.45) is 0 Å². The van der Waals surface area contributed by atoms with Gasteiger partial charge in [-0.2, -0.15) is 0 Å². The number of nitrogens with zero attached hydrogens (tertiary/aromatic N) is 3. The molecule has 7 nitrogen and oxygen atoms in total. The number of non-ortho nitro benzene ring substituents is 1. The molecule has 10 heteroatoms. The van der Waals surface area contributed by atoms with E-state index in [2.05, 4.69) is 4.98 Å². The van der Waals surface area contributed by atoms with E-state index >= 15 is 0 Å². The standard InChI is InChI=1S/C13H7N3O4S3/c17-15(18)8-5-6-12(10(7-8)16(19)20)22-23-13-14-9-3-1-2-4-11(9)21-13/h1-7H. The van der Waals surface area contributed by atoms with Gasteiger partial charge in [-0.3, -0.25) is 20.2 Å². The maximum atomic E-state index is 11.1. The van der Waals surface area contributed by atoms with Crippen molar-refractivity contribution in [2.75, 3.05) is 0 Å². The van der Waals surface area contributed by atoms with Gasteiger partial charge in [0.25, 0.3) is 11.4 Å². The molecule has 0 amide bonds. The summed E-state index contributed by atoms with van der Waals surface area (Å²) < 4.78 is 1.80. The number of thiazole rings is 1. The van der Waals surface area contributed by atoms with E-state index in [0.29, 0.717) is 4.90 Å². The molecule has 1 aromatic heterocycles. The average Bonchev–Trinajstić information content (AvgIpc) is 2.95. The summed E-state index contributed by atoms with van der Waals surface area (Å²) in [7, 11) is 2.46. The van der Waals surface area contributed by atoms with Gasteiger partial charge in [-0.05, 0) is 39.8 Å². The van der Waals surface area contributed by atoms with Gasteiger partial charge in [0.05, 0.1) is 31.0 Å². The smallest absolute Gasteiger partial charge is 0.258 e. The van der Waals surface area contributed by atoms with Crippen molar-refractivity contribution in [1.82, 2.24) is 4.98 Å². The maximum Gasteiger partial charge on any atom is 0.290 e. The minimum Gasteiger partial charge on any atom is -0.258 e. The molecule has 3 aromatic rings. The molecule has 0 saturated carbocycles. The lowest BCUT2D eigenvalue weighted by atomic mass is 10.3. The van der Waals surface area contributed by atoms with Gasteiger partial charge in [-0.1, -0.05) is 12.1 Å². The van der Waals surface area contributed by atoms with Crippen LogP contribution in [0.3, 0.4) is 0 Å². The Morgan fingerprint density at radius 1 is 1.00 bits per heavy atom. The lowest BCUT2D eigenvalue weighted by molar-refractivity contribution is -0.396. The molecule has 0 spiro atoms. The highest BCUT2D eigenvalue weighted by atomic mass is 33.1. The van der Waals surface area contributed by atoms with E-state index in [0.717, 1.165) is 31.4 Å². The van der Waals surface area contributed by atoms with Crippen LogP contribution in [0.5, 0.6) is 0 Å². The quantitative estimate of drug-likeness (QED) is 0.360. The van der Waals surface area contributed by atoms with Crippen LogP contribution in [0.2, 0.25) is 0 Å². The lowest BCUT2D eigenvalue weighted by Gasteiger charge is -2.00. The van der Waals surface area contributed by atoms with E-state index in [1.165, 1.54) is 34.3 Å². The summed E-state index contributed by atoms with van der Waals surface area (Å²) in [5.74, 6) is 0. The molecule has 0 unspecified atom stereocenters. The van der Waals surface area contributed by atoms with E-state index in [1.807, 2.05) is 24.3 Å². The van der Waals surface area contributed by atoms with E-state index < -0.39 is 9.85 Å². The number of hydrogen-bond donors (Lipinski definition) is 0. The van der Waals surface area contributed by atoms with Crippen LogP contribution in [0, 0.1) is 20.2 Å². The first-order chi connectivity index (χ1) is 11.0. The molecule has 0 bridgehead atoms. The van der Waals surface area contributed by atoms with Crippen LogP contribution in [0.15, 0.2) is 51.7 Å².